The predicted octanol–water partition coefficient (Wildman–Crippen LogP) is 3.94. The van der Waals surface area contributed by atoms with Crippen molar-refractivity contribution in [2.45, 2.75) is 52.1 Å². The van der Waals surface area contributed by atoms with Gasteiger partial charge in [0.05, 0.1) is 6.54 Å². The number of aryl methyl sites for hydroxylation is 1. The van der Waals surface area contributed by atoms with Crippen molar-refractivity contribution >= 4 is 10.9 Å². The molecule has 0 fully saturated rings. The van der Waals surface area contributed by atoms with Crippen LogP contribution in [0.5, 0.6) is 0 Å². The van der Waals surface area contributed by atoms with Crippen LogP contribution in [0.3, 0.4) is 0 Å². The molecule has 24 heavy (non-hydrogen) atoms. The van der Waals surface area contributed by atoms with Crippen LogP contribution >= 0.6 is 0 Å². The van der Waals surface area contributed by atoms with Crippen LogP contribution in [0.1, 0.15) is 37.5 Å². The summed E-state index contributed by atoms with van der Waals surface area (Å²) in [5.74, 6) is 0. The summed E-state index contributed by atoms with van der Waals surface area (Å²) in [4.78, 5) is 2.41. The van der Waals surface area contributed by atoms with Gasteiger partial charge in [0, 0.05) is 49.3 Å². The molecule has 1 aliphatic heterocycles. The van der Waals surface area contributed by atoms with Gasteiger partial charge >= 0.3 is 6.18 Å². The molecule has 2 aromatic rings. The fraction of sp³-hybridized carbons (Fsp3) is 0.556. The monoisotopic (exact) mass is 339 g/mol. The minimum absolute atomic E-state index is 0.0995. The summed E-state index contributed by atoms with van der Waals surface area (Å²) >= 11 is 0. The average molecular weight is 339 g/mol. The van der Waals surface area contributed by atoms with E-state index in [-0.39, 0.29) is 12.1 Å². The first-order valence-corrected chi connectivity index (χ1v) is 8.17. The Hall–Kier alpha value is -1.53. The number of nitrogens with zero attached hydrogens (tertiary/aromatic N) is 2. The second-order valence-electron chi connectivity index (χ2n) is 7.65. The average Bonchev–Trinajstić information content (AvgIpc) is 2.97. The van der Waals surface area contributed by atoms with E-state index < -0.39 is 12.7 Å². The van der Waals surface area contributed by atoms with Gasteiger partial charge in [0.15, 0.2) is 0 Å². The number of aromatic nitrogens is 1. The Morgan fingerprint density at radius 1 is 1.08 bits per heavy atom. The van der Waals surface area contributed by atoms with Gasteiger partial charge in [0.25, 0.3) is 0 Å². The molecule has 2 heterocycles. The predicted molar refractivity (Wildman–Crippen MR) is 89.7 cm³/mol. The van der Waals surface area contributed by atoms with E-state index in [1.807, 2.05) is 17.8 Å². The summed E-state index contributed by atoms with van der Waals surface area (Å²) in [6.45, 7) is 7.66. The molecule has 0 bridgehead atoms. The highest BCUT2D eigenvalue weighted by Gasteiger charge is 2.29. The zero-order valence-corrected chi connectivity index (χ0v) is 14.6. The van der Waals surface area contributed by atoms with Crippen molar-refractivity contribution in [1.29, 1.82) is 0 Å². The Balaban J connectivity index is 1.87. The van der Waals surface area contributed by atoms with Crippen molar-refractivity contribution < 1.29 is 13.2 Å². The minimum atomic E-state index is -4.18. The molecule has 0 atom stereocenters. The molecule has 0 aliphatic carbocycles. The van der Waals surface area contributed by atoms with Crippen LogP contribution in [-0.2, 0) is 26.7 Å². The van der Waals surface area contributed by atoms with E-state index in [1.165, 1.54) is 11.1 Å². The van der Waals surface area contributed by atoms with E-state index in [1.54, 1.807) is 0 Å². The second-order valence-corrected chi connectivity index (χ2v) is 7.65. The largest absolute Gasteiger partial charge is 0.401 e. The van der Waals surface area contributed by atoms with Gasteiger partial charge in [-0.1, -0.05) is 0 Å². The summed E-state index contributed by atoms with van der Waals surface area (Å²) in [5.41, 5.74) is 4.68. The molecule has 0 unspecified atom stereocenters. The Kier molecular flexibility index (Phi) is 4.16. The third-order valence-electron chi connectivity index (χ3n) is 4.71. The quantitative estimate of drug-likeness (QED) is 0.914. The number of rotatable bonds is 3. The molecule has 3 nitrogen and oxygen atoms in total. The van der Waals surface area contributed by atoms with Crippen LogP contribution in [0.4, 0.5) is 13.2 Å². The first-order chi connectivity index (χ1) is 11.0. The van der Waals surface area contributed by atoms with E-state index in [2.05, 4.69) is 43.1 Å². The highest BCUT2D eigenvalue weighted by atomic mass is 19.4. The van der Waals surface area contributed by atoms with Gasteiger partial charge in [-0.25, -0.2) is 0 Å². The Labute approximate surface area is 140 Å². The summed E-state index contributed by atoms with van der Waals surface area (Å²) in [6.07, 6.45) is -2.26. The SMILES string of the molecule is Cn1cc(CNCC(F)(F)F)c2cc3c(cc21)CN(C(C)(C)C)C3. The van der Waals surface area contributed by atoms with Crippen molar-refractivity contribution in [2.24, 2.45) is 7.05 Å². The van der Waals surface area contributed by atoms with Crippen LogP contribution in [0.2, 0.25) is 0 Å². The van der Waals surface area contributed by atoms with Crippen LogP contribution in [0.15, 0.2) is 18.3 Å². The number of nitrogens with one attached hydrogen (secondary N) is 1. The molecule has 0 saturated heterocycles. The molecule has 0 spiro atoms. The molecule has 3 rings (SSSR count). The Morgan fingerprint density at radius 2 is 1.71 bits per heavy atom. The van der Waals surface area contributed by atoms with Gasteiger partial charge in [0.1, 0.15) is 0 Å². The van der Waals surface area contributed by atoms with Gasteiger partial charge in [-0.05, 0) is 49.6 Å². The second kappa shape index (κ2) is 5.77. The van der Waals surface area contributed by atoms with Gasteiger partial charge in [0.2, 0.25) is 0 Å². The summed E-state index contributed by atoms with van der Waals surface area (Å²) < 4.78 is 39.0. The zero-order valence-electron chi connectivity index (χ0n) is 14.6. The van der Waals surface area contributed by atoms with E-state index in [4.69, 9.17) is 0 Å². The van der Waals surface area contributed by atoms with E-state index in [0.29, 0.717) is 0 Å². The lowest BCUT2D eigenvalue weighted by atomic mass is 10.1. The van der Waals surface area contributed by atoms with Crippen LogP contribution in [-0.4, -0.2) is 27.7 Å². The van der Waals surface area contributed by atoms with Gasteiger partial charge in [-0.2, -0.15) is 13.2 Å². The molecular weight excluding hydrogens is 315 g/mol. The lowest BCUT2D eigenvalue weighted by Gasteiger charge is -2.31. The molecule has 6 heteroatoms. The fourth-order valence-corrected chi connectivity index (χ4v) is 3.31. The van der Waals surface area contributed by atoms with Crippen LogP contribution in [0, 0.1) is 0 Å². The number of alkyl halides is 3. The zero-order chi connectivity index (χ0) is 17.7. The number of benzene rings is 1. The highest BCUT2D eigenvalue weighted by molar-refractivity contribution is 5.85. The lowest BCUT2D eigenvalue weighted by molar-refractivity contribution is -0.125. The molecule has 1 aliphatic rings. The summed E-state index contributed by atoms with van der Waals surface area (Å²) in [5, 5.41) is 3.54. The normalized spacial score (nSPS) is 16.1. The van der Waals surface area contributed by atoms with E-state index in [9.17, 15) is 13.2 Å². The molecule has 0 saturated carbocycles. The standard InChI is InChI=1S/C18H24F3N3/c1-17(2,3)24-9-12-5-15-14(7-22-11-18(19,20)21)8-23(4)16(15)6-13(12)10-24/h5-6,8,22H,7,9-11H2,1-4H3. The van der Waals surface area contributed by atoms with Gasteiger partial charge < -0.3 is 9.88 Å². The van der Waals surface area contributed by atoms with Crippen molar-refractivity contribution in [2.75, 3.05) is 6.54 Å². The van der Waals surface area contributed by atoms with Gasteiger partial charge in [-0.15, -0.1) is 0 Å². The van der Waals surface area contributed by atoms with Crippen molar-refractivity contribution in [3.05, 3.63) is 35.0 Å². The molecule has 0 radical (unpaired) electrons. The Bertz CT molecular complexity index is 753. The highest BCUT2D eigenvalue weighted by Crippen LogP contribution is 2.33. The maximum absolute atomic E-state index is 12.3. The van der Waals surface area contributed by atoms with Crippen LogP contribution < -0.4 is 5.32 Å². The topological polar surface area (TPSA) is 20.2 Å². The number of hydrogen-bond donors (Lipinski definition) is 1. The molecule has 0 amide bonds. The molecular formula is C18H24F3N3. The van der Waals surface area contributed by atoms with Crippen molar-refractivity contribution in [3.8, 4) is 0 Å². The molecule has 1 aromatic carbocycles. The third-order valence-corrected chi connectivity index (χ3v) is 4.71. The smallest absolute Gasteiger partial charge is 0.350 e. The van der Waals surface area contributed by atoms with Crippen molar-refractivity contribution in [3.63, 3.8) is 0 Å². The number of halogens is 3. The van der Waals surface area contributed by atoms with Crippen LogP contribution in [0.25, 0.3) is 10.9 Å². The molecule has 1 N–H and O–H groups in total. The maximum Gasteiger partial charge on any atom is 0.401 e. The molecule has 1 aromatic heterocycles. The first kappa shape index (κ1) is 17.3. The van der Waals surface area contributed by atoms with Crippen molar-refractivity contribution in [1.82, 2.24) is 14.8 Å². The van der Waals surface area contributed by atoms with E-state index >= 15 is 0 Å². The minimum Gasteiger partial charge on any atom is -0.350 e. The van der Waals surface area contributed by atoms with Gasteiger partial charge in [-0.3, -0.25) is 4.90 Å². The summed E-state index contributed by atoms with van der Waals surface area (Å²) in [6, 6.07) is 4.34. The Morgan fingerprint density at radius 3 is 2.29 bits per heavy atom. The number of fused-ring (bicyclic) bond motifs is 2. The fourth-order valence-electron chi connectivity index (χ4n) is 3.31. The maximum atomic E-state index is 12.3. The lowest BCUT2D eigenvalue weighted by Crippen LogP contribution is -2.36. The molecule has 132 valence electrons. The number of hydrogen-bond acceptors (Lipinski definition) is 2. The van der Waals surface area contributed by atoms with E-state index in [0.717, 1.165) is 29.6 Å². The first-order valence-electron chi connectivity index (χ1n) is 8.17. The summed E-state index contributed by atoms with van der Waals surface area (Å²) in [7, 11) is 1.94. The third kappa shape index (κ3) is 3.44.